The summed E-state index contributed by atoms with van der Waals surface area (Å²) in [5.74, 6) is 0.945. The summed E-state index contributed by atoms with van der Waals surface area (Å²) in [5.41, 5.74) is 12.7. The van der Waals surface area contributed by atoms with Crippen LogP contribution in [-0.2, 0) is 0 Å². The Balaban J connectivity index is 2.50. The number of anilines is 3. The zero-order valence-electron chi connectivity index (χ0n) is 12.3. The number of nitrogens with zero attached hydrogens (tertiary/aromatic N) is 2. The third-order valence-corrected chi connectivity index (χ3v) is 3.78. The number of nitrogen functional groups attached to an aromatic ring is 1. The monoisotopic (exact) mass is 255 g/mol. The van der Waals surface area contributed by atoms with Crippen LogP contribution in [-0.4, -0.2) is 12.0 Å². The Kier molecular flexibility index (Phi) is 3.47. The van der Waals surface area contributed by atoms with Crippen molar-refractivity contribution in [2.24, 2.45) is 0 Å². The Hall–Kier alpha value is -2.03. The molecule has 1 heterocycles. The molecule has 0 unspecified atom stereocenters. The molecule has 0 bridgehead atoms. The molecule has 3 heteroatoms. The highest BCUT2D eigenvalue weighted by atomic mass is 15.2. The first-order chi connectivity index (χ1) is 8.91. The molecule has 2 aromatic rings. The standard InChI is InChI=1S/C16H21N3/c1-10-6-7-15(13(4)12(10)3)19(5)16-11(2)8-14(17)9-18-16/h6-9H,17H2,1-5H3. The van der Waals surface area contributed by atoms with E-state index >= 15 is 0 Å². The number of nitrogens with two attached hydrogens (primary N) is 1. The van der Waals surface area contributed by atoms with Crippen molar-refractivity contribution in [3.63, 3.8) is 0 Å². The SMILES string of the molecule is Cc1cc(N)cnc1N(C)c1ccc(C)c(C)c1C. The second kappa shape index (κ2) is 4.92. The summed E-state index contributed by atoms with van der Waals surface area (Å²) in [4.78, 5) is 6.57. The van der Waals surface area contributed by atoms with Crippen molar-refractivity contribution in [3.05, 3.63) is 46.6 Å². The molecule has 2 N–H and O–H groups in total. The van der Waals surface area contributed by atoms with E-state index in [1.807, 2.05) is 20.0 Å². The molecule has 0 saturated carbocycles. The van der Waals surface area contributed by atoms with Gasteiger partial charge in [0, 0.05) is 12.7 Å². The Bertz CT molecular complexity index is 618. The smallest absolute Gasteiger partial charge is 0.135 e. The molecule has 0 fully saturated rings. The average molecular weight is 255 g/mol. The van der Waals surface area contributed by atoms with E-state index in [4.69, 9.17) is 5.73 Å². The van der Waals surface area contributed by atoms with Gasteiger partial charge in [-0.1, -0.05) is 6.07 Å². The largest absolute Gasteiger partial charge is 0.397 e. The van der Waals surface area contributed by atoms with Gasteiger partial charge in [0.05, 0.1) is 11.9 Å². The number of benzene rings is 1. The molecule has 0 radical (unpaired) electrons. The predicted molar refractivity (Wildman–Crippen MR) is 82.1 cm³/mol. The minimum Gasteiger partial charge on any atom is -0.397 e. The van der Waals surface area contributed by atoms with Gasteiger partial charge in [0.1, 0.15) is 5.82 Å². The second-order valence-electron chi connectivity index (χ2n) is 5.12. The fraction of sp³-hybridized carbons (Fsp3) is 0.312. The van der Waals surface area contributed by atoms with E-state index in [2.05, 4.69) is 42.8 Å². The molecule has 1 aromatic heterocycles. The van der Waals surface area contributed by atoms with E-state index in [0.717, 1.165) is 11.4 Å². The molecule has 0 aliphatic heterocycles. The van der Waals surface area contributed by atoms with Crippen LogP contribution < -0.4 is 10.6 Å². The molecule has 0 atom stereocenters. The van der Waals surface area contributed by atoms with E-state index in [1.54, 1.807) is 6.20 Å². The highest BCUT2D eigenvalue weighted by molar-refractivity contribution is 5.68. The van der Waals surface area contributed by atoms with Crippen LogP contribution in [0, 0.1) is 27.7 Å². The lowest BCUT2D eigenvalue weighted by molar-refractivity contribution is 1.08. The van der Waals surface area contributed by atoms with Gasteiger partial charge in [-0.15, -0.1) is 0 Å². The second-order valence-corrected chi connectivity index (χ2v) is 5.12. The topological polar surface area (TPSA) is 42.1 Å². The minimum absolute atomic E-state index is 0.700. The van der Waals surface area contributed by atoms with Crippen molar-refractivity contribution in [1.82, 2.24) is 4.98 Å². The molecule has 3 nitrogen and oxygen atoms in total. The van der Waals surface area contributed by atoms with Crippen molar-refractivity contribution < 1.29 is 0 Å². The molecule has 0 saturated heterocycles. The van der Waals surface area contributed by atoms with Gasteiger partial charge >= 0.3 is 0 Å². The van der Waals surface area contributed by atoms with Gasteiger partial charge < -0.3 is 10.6 Å². The first-order valence-electron chi connectivity index (χ1n) is 6.44. The van der Waals surface area contributed by atoms with Crippen molar-refractivity contribution in [3.8, 4) is 0 Å². The Morgan fingerprint density at radius 3 is 2.32 bits per heavy atom. The van der Waals surface area contributed by atoms with E-state index in [0.29, 0.717) is 5.69 Å². The van der Waals surface area contributed by atoms with Crippen molar-refractivity contribution >= 4 is 17.2 Å². The lowest BCUT2D eigenvalue weighted by Gasteiger charge is -2.24. The highest BCUT2D eigenvalue weighted by Gasteiger charge is 2.12. The Labute approximate surface area is 115 Å². The van der Waals surface area contributed by atoms with Gasteiger partial charge in [0.2, 0.25) is 0 Å². The van der Waals surface area contributed by atoms with Crippen LogP contribution in [0.4, 0.5) is 17.2 Å². The van der Waals surface area contributed by atoms with E-state index in [9.17, 15) is 0 Å². The van der Waals surface area contributed by atoms with E-state index < -0.39 is 0 Å². The van der Waals surface area contributed by atoms with Crippen LogP contribution in [0.25, 0.3) is 0 Å². The fourth-order valence-corrected chi connectivity index (χ4v) is 2.36. The third-order valence-electron chi connectivity index (χ3n) is 3.78. The molecule has 100 valence electrons. The first kappa shape index (κ1) is 13.4. The molecule has 2 rings (SSSR count). The lowest BCUT2D eigenvalue weighted by Crippen LogP contribution is -2.14. The number of rotatable bonds is 2. The number of hydrogen-bond acceptors (Lipinski definition) is 3. The predicted octanol–water partition coefficient (Wildman–Crippen LogP) is 3.67. The van der Waals surface area contributed by atoms with Crippen molar-refractivity contribution in [2.75, 3.05) is 17.7 Å². The van der Waals surface area contributed by atoms with Gasteiger partial charge in [0.25, 0.3) is 0 Å². The highest BCUT2D eigenvalue weighted by Crippen LogP contribution is 2.30. The summed E-state index contributed by atoms with van der Waals surface area (Å²) in [6.45, 7) is 8.48. The molecule has 0 spiro atoms. The maximum absolute atomic E-state index is 5.76. The van der Waals surface area contributed by atoms with E-state index in [1.165, 1.54) is 22.4 Å². The molecular formula is C16H21N3. The maximum Gasteiger partial charge on any atom is 0.135 e. The Morgan fingerprint density at radius 1 is 1.00 bits per heavy atom. The third kappa shape index (κ3) is 2.41. The number of aromatic nitrogens is 1. The van der Waals surface area contributed by atoms with Gasteiger partial charge in [-0.25, -0.2) is 4.98 Å². The summed E-state index contributed by atoms with van der Waals surface area (Å²) < 4.78 is 0. The molecule has 0 aliphatic carbocycles. The Morgan fingerprint density at radius 2 is 1.68 bits per heavy atom. The summed E-state index contributed by atoms with van der Waals surface area (Å²) in [6, 6.07) is 6.26. The van der Waals surface area contributed by atoms with Crippen LogP contribution in [0.2, 0.25) is 0 Å². The van der Waals surface area contributed by atoms with Crippen LogP contribution >= 0.6 is 0 Å². The van der Waals surface area contributed by atoms with Crippen molar-refractivity contribution in [2.45, 2.75) is 27.7 Å². The molecule has 0 amide bonds. The van der Waals surface area contributed by atoms with Crippen LogP contribution in [0.3, 0.4) is 0 Å². The van der Waals surface area contributed by atoms with Crippen LogP contribution in [0.1, 0.15) is 22.3 Å². The summed E-state index contributed by atoms with van der Waals surface area (Å²) >= 11 is 0. The maximum atomic E-state index is 5.76. The number of pyridine rings is 1. The fourth-order valence-electron chi connectivity index (χ4n) is 2.36. The molecule has 19 heavy (non-hydrogen) atoms. The zero-order valence-corrected chi connectivity index (χ0v) is 12.3. The van der Waals surface area contributed by atoms with Gasteiger partial charge in [-0.05, 0) is 62.1 Å². The molecular weight excluding hydrogens is 234 g/mol. The van der Waals surface area contributed by atoms with Gasteiger partial charge in [0.15, 0.2) is 0 Å². The normalized spacial score (nSPS) is 10.6. The number of hydrogen-bond donors (Lipinski definition) is 1. The molecule has 1 aromatic carbocycles. The lowest BCUT2D eigenvalue weighted by atomic mass is 10.0. The van der Waals surface area contributed by atoms with Gasteiger partial charge in [-0.3, -0.25) is 0 Å². The average Bonchev–Trinajstić information content (AvgIpc) is 2.35. The van der Waals surface area contributed by atoms with Gasteiger partial charge in [-0.2, -0.15) is 0 Å². The summed E-state index contributed by atoms with van der Waals surface area (Å²) in [6.07, 6.45) is 1.70. The molecule has 0 aliphatic rings. The van der Waals surface area contributed by atoms with E-state index in [-0.39, 0.29) is 0 Å². The minimum atomic E-state index is 0.700. The quantitative estimate of drug-likeness (QED) is 0.890. The summed E-state index contributed by atoms with van der Waals surface area (Å²) in [7, 11) is 2.04. The van der Waals surface area contributed by atoms with Crippen LogP contribution in [0.15, 0.2) is 24.4 Å². The number of aryl methyl sites for hydroxylation is 2. The summed E-state index contributed by atoms with van der Waals surface area (Å²) in [5, 5.41) is 0. The van der Waals surface area contributed by atoms with Crippen LogP contribution in [0.5, 0.6) is 0 Å². The first-order valence-corrected chi connectivity index (χ1v) is 6.44. The van der Waals surface area contributed by atoms with Crippen molar-refractivity contribution in [1.29, 1.82) is 0 Å². The zero-order chi connectivity index (χ0) is 14.2.